The summed E-state index contributed by atoms with van der Waals surface area (Å²) in [6, 6.07) is 4.34. The van der Waals surface area contributed by atoms with Crippen LogP contribution in [-0.2, 0) is 10.0 Å². The highest BCUT2D eigenvalue weighted by Gasteiger charge is 2.29. The summed E-state index contributed by atoms with van der Waals surface area (Å²) in [4.78, 5) is 2.10. The smallest absolute Gasteiger partial charge is 0.243 e. The van der Waals surface area contributed by atoms with Gasteiger partial charge in [-0.25, -0.2) is 8.42 Å². The molecule has 0 unspecified atom stereocenters. The van der Waals surface area contributed by atoms with Gasteiger partial charge in [-0.3, -0.25) is 0 Å². The van der Waals surface area contributed by atoms with Crippen molar-refractivity contribution < 1.29 is 8.42 Å². The topological polar surface area (TPSA) is 52.6 Å². The van der Waals surface area contributed by atoms with Gasteiger partial charge < -0.3 is 10.2 Å². The zero-order valence-corrected chi connectivity index (χ0v) is 16.4. The highest BCUT2D eigenvalue weighted by atomic mass is 35.5. The number of nitrogens with zero attached hydrogens (tertiary/aromatic N) is 2. The van der Waals surface area contributed by atoms with Crippen LogP contribution in [0.5, 0.6) is 0 Å². The second-order valence-electron chi connectivity index (χ2n) is 5.58. The maximum absolute atomic E-state index is 12.7. The molecule has 1 aromatic rings. The van der Waals surface area contributed by atoms with Crippen LogP contribution >= 0.6 is 35.4 Å². The molecule has 1 saturated heterocycles. The number of hydrogen-bond donors (Lipinski definition) is 1. The predicted molar refractivity (Wildman–Crippen MR) is 102 cm³/mol. The summed E-state index contributed by atoms with van der Waals surface area (Å²) < 4.78 is 26.8. The van der Waals surface area contributed by atoms with Crippen LogP contribution in [-0.4, -0.2) is 55.5 Å². The van der Waals surface area contributed by atoms with Crippen molar-refractivity contribution in [2.75, 3.05) is 32.7 Å². The Morgan fingerprint density at radius 3 is 2.42 bits per heavy atom. The van der Waals surface area contributed by atoms with Crippen LogP contribution in [0.25, 0.3) is 0 Å². The summed E-state index contributed by atoms with van der Waals surface area (Å²) in [5.41, 5.74) is 0.984. The van der Waals surface area contributed by atoms with Gasteiger partial charge >= 0.3 is 0 Å². The van der Waals surface area contributed by atoms with Gasteiger partial charge in [0.15, 0.2) is 5.11 Å². The van der Waals surface area contributed by atoms with Crippen LogP contribution < -0.4 is 5.32 Å². The van der Waals surface area contributed by atoms with Crippen LogP contribution in [0.4, 0.5) is 0 Å². The lowest BCUT2D eigenvalue weighted by Gasteiger charge is -2.35. The zero-order valence-electron chi connectivity index (χ0n) is 13.3. The molecule has 9 heteroatoms. The van der Waals surface area contributed by atoms with Crippen molar-refractivity contribution in [2.24, 2.45) is 0 Å². The molecule has 0 aliphatic carbocycles. The Hall–Kier alpha value is -0.860. The number of halogens is 2. The van der Waals surface area contributed by atoms with Gasteiger partial charge in [-0.05, 0) is 37.3 Å². The number of piperazine rings is 1. The SMILES string of the molecule is C=C(C)CNC(=S)N1CCN(S(=O)(=O)c2ccc(Cl)c(Cl)c2)CC1. The Morgan fingerprint density at radius 1 is 1.25 bits per heavy atom. The van der Waals surface area contributed by atoms with Crippen molar-refractivity contribution in [3.05, 3.63) is 40.4 Å². The highest BCUT2D eigenvalue weighted by molar-refractivity contribution is 7.89. The number of thiocarbonyl (C=S) groups is 1. The minimum absolute atomic E-state index is 0.147. The van der Waals surface area contributed by atoms with E-state index in [2.05, 4.69) is 11.9 Å². The fraction of sp³-hybridized carbons (Fsp3) is 0.400. The molecule has 2 rings (SSSR count). The largest absolute Gasteiger partial charge is 0.359 e. The quantitative estimate of drug-likeness (QED) is 0.614. The van der Waals surface area contributed by atoms with Crippen molar-refractivity contribution in [3.8, 4) is 0 Å². The van der Waals surface area contributed by atoms with E-state index in [1.165, 1.54) is 22.5 Å². The van der Waals surface area contributed by atoms with Gasteiger partial charge in [-0.15, -0.1) is 0 Å². The highest BCUT2D eigenvalue weighted by Crippen LogP contribution is 2.27. The molecular formula is C15H19Cl2N3O2S2. The van der Waals surface area contributed by atoms with Crippen molar-refractivity contribution in [1.82, 2.24) is 14.5 Å². The summed E-state index contributed by atoms with van der Waals surface area (Å²) in [6.07, 6.45) is 0. The number of sulfonamides is 1. The third-order valence-corrected chi connectivity index (χ3v) is 6.63. The van der Waals surface area contributed by atoms with Gasteiger partial charge in [0, 0.05) is 32.7 Å². The minimum Gasteiger partial charge on any atom is -0.359 e. The molecular weight excluding hydrogens is 389 g/mol. The van der Waals surface area contributed by atoms with Gasteiger partial charge in [-0.2, -0.15) is 4.31 Å². The van der Waals surface area contributed by atoms with Crippen molar-refractivity contribution in [2.45, 2.75) is 11.8 Å². The fourth-order valence-electron chi connectivity index (χ4n) is 2.26. The fourth-order valence-corrected chi connectivity index (χ4v) is 4.32. The van der Waals surface area contributed by atoms with E-state index in [-0.39, 0.29) is 9.92 Å². The second kappa shape index (κ2) is 8.01. The van der Waals surface area contributed by atoms with Crippen molar-refractivity contribution >= 4 is 50.6 Å². The number of hydrogen-bond acceptors (Lipinski definition) is 3. The average Bonchev–Trinajstić information content (AvgIpc) is 2.55. The normalized spacial score (nSPS) is 16.0. The van der Waals surface area contributed by atoms with Crippen molar-refractivity contribution in [3.63, 3.8) is 0 Å². The number of rotatable bonds is 4. The second-order valence-corrected chi connectivity index (χ2v) is 8.72. The molecule has 0 atom stereocenters. The molecule has 24 heavy (non-hydrogen) atoms. The standard InChI is InChI=1S/C15H19Cl2N3O2S2/c1-11(2)10-18-15(23)19-5-7-20(8-6-19)24(21,22)12-3-4-13(16)14(17)9-12/h3-4,9H,1,5-8,10H2,2H3,(H,18,23). The Bertz CT molecular complexity index is 745. The number of nitrogens with one attached hydrogen (secondary N) is 1. The summed E-state index contributed by atoms with van der Waals surface area (Å²) in [6.45, 7) is 8.12. The van der Waals surface area contributed by atoms with E-state index in [1.807, 2.05) is 11.8 Å². The van der Waals surface area contributed by atoms with Crippen molar-refractivity contribution in [1.29, 1.82) is 0 Å². The summed E-state index contributed by atoms with van der Waals surface area (Å²) in [7, 11) is -3.59. The van der Waals surface area contributed by atoms with Crippen LogP contribution in [0.2, 0.25) is 10.0 Å². The molecule has 1 aliphatic rings. The zero-order chi connectivity index (χ0) is 17.9. The van der Waals surface area contributed by atoms with E-state index in [0.29, 0.717) is 42.9 Å². The van der Waals surface area contributed by atoms with E-state index in [4.69, 9.17) is 35.4 Å². The molecule has 0 bridgehead atoms. The molecule has 1 aliphatic heterocycles. The van der Waals surface area contributed by atoms with E-state index in [1.54, 1.807) is 0 Å². The van der Waals surface area contributed by atoms with Crippen LogP contribution in [0.15, 0.2) is 35.2 Å². The molecule has 0 saturated carbocycles. The van der Waals surface area contributed by atoms with Gasteiger partial charge in [-0.1, -0.05) is 35.4 Å². The molecule has 0 aromatic heterocycles. The summed E-state index contributed by atoms with van der Waals surface area (Å²) >= 11 is 17.1. The van der Waals surface area contributed by atoms with E-state index in [0.717, 1.165) is 5.57 Å². The molecule has 0 spiro atoms. The average molecular weight is 408 g/mol. The molecule has 0 amide bonds. The molecule has 5 nitrogen and oxygen atoms in total. The first-order valence-electron chi connectivity index (χ1n) is 7.34. The number of benzene rings is 1. The Balaban J connectivity index is 2.01. The third kappa shape index (κ3) is 4.61. The molecule has 1 fully saturated rings. The van der Waals surface area contributed by atoms with Crippen LogP contribution in [0.3, 0.4) is 0 Å². The lowest BCUT2D eigenvalue weighted by Crippen LogP contribution is -2.53. The Labute approximate surface area is 158 Å². The Morgan fingerprint density at radius 2 is 1.88 bits per heavy atom. The lowest BCUT2D eigenvalue weighted by atomic mass is 10.3. The van der Waals surface area contributed by atoms with Gasteiger partial charge in [0.2, 0.25) is 10.0 Å². The van der Waals surface area contributed by atoms with Crippen LogP contribution in [0.1, 0.15) is 6.92 Å². The van der Waals surface area contributed by atoms with E-state index in [9.17, 15) is 8.42 Å². The molecule has 132 valence electrons. The molecule has 0 radical (unpaired) electrons. The molecule has 1 aromatic carbocycles. The third-order valence-electron chi connectivity index (χ3n) is 3.60. The maximum Gasteiger partial charge on any atom is 0.243 e. The monoisotopic (exact) mass is 407 g/mol. The molecule has 1 N–H and O–H groups in total. The first kappa shape index (κ1) is 19.5. The summed E-state index contributed by atoms with van der Waals surface area (Å²) in [5.74, 6) is 0. The molecule has 1 heterocycles. The summed E-state index contributed by atoms with van der Waals surface area (Å²) in [5, 5.41) is 4.28. The van der Waals surface area contributed by atoms with Gasteiger partial charge in [0.05, 0.1) is 14.9 Å². The lowest BCUT2D eigenvalue weighted by molar-refractivity contribution is 0.264. The van der Waals surface area contributed by atoms with Crippen LogP contribution in [0, 0.1) is 0 Å². The first-order chi connectivity index (χ1) is 11.2. The maximum atomic E-state index is 12.7. The Kier molecular flexibility index (Phi) is 6.50. The van der Waals surface area contributed by atoms with E-state index >= 15 is 0 Å². The van der Waals surface area contributed by atoms with E-state index < -0.39 is 10.0 Å². The minimum atomic E-state index is -3.59. The predicted octanol–water partition coefficient (Wildman–Crippen LogP) is 2.75. The first-order valence-corrected chi connectivity index (χ1v) is 9.94. The van der Waals surface area contributed by atoms with Gasteiger partial charge in [0.25, 0.3) is 0 Å². The van der Waals surface area contributed by atoms with Gasteiger partial charge in [0.1, 0.15) is 0 Å².